The van der Waals surface area contributed by atoms with E-state index in [-0.39, 0.29) is 23.3 Å². The zero-order valence-corrected chi connectivity index (χ0v) is 19.2. The van der Waals surface area contributed by atoms with E-state index in [0.29, 0.717) is 11.5 Å². The predicted molar refractivity (Wildman–Crippen MR) is 125 cm³/mol. The normalized spacial score (nSPS) is 11.9. The number of rotatable bonds is 9. The van der Waals surface area contributed by atoms with Gasteiger partial charge >= 0.3 is 5.97 Å². The largest absolute Gasteiger partial charge is 0.507 e. The van der Waals surface area contributed by atoms with Crippen LogP contribution in [0, 0.1) is 0 Å². The van der Waals surface area contributed by atoms with Crippen molar-refractivity contribution in [2.45, 2.75) is 40.0 Å². The Kier molecular flexibility index (Phi) is 7.91. The number of aromatic hydroxyl groups is 1. The van der Waals surface area contributed by atoms with Gasteiger partial charge in [-0.05, 0) is 49.1 Å². The van der Waals surface area contributed by atoms with Gasteiger partial charge in [-0.2, -0.15) is 5.10 Å². The van der Waals surface area contributed by atoms with Crippen LogP contribution in [0.4, 0.5) is 5.69 Å². The van der Waals surface area contributed by atoms with Gasteiger partial charge in [0.2, 0.25) is 0 Å². The van der Waals surface area contributed by atoms with E-state index in [0.717, 1.165) is 18.7 Å². The van der Waals surface area contributed by atoms with E-state index in [1.165, 1.54) is 29.4 Å². The molecule has 0 bridgehead atoms. The first-order chi connectivity index (χ1) is 14.6. The molecule has 0 saturated heterocycles. The van der Waals surface area contributed by atoms with Crippen LogP contribution in [0.1, 0.15) is 56.1 Å². The molecule has 168 valence electrons. The van der Waals surface area contributed by atoms with Gasteiger partial charge in [-0.25, -0.2) is 4.79 Å². The molecule has 2 rings (SSSR count). The Morgan fingerprint density at radius 1 is 1.13 bits per heavy atom. The highest BCUT2D eigenvalue weighted by atomic mass is 16.5. The van der Waals surface area contributed by atoms with Crippen molar-refractivity contribution in [3.63, 3.8) is 0 Å². The second-order valence-corrected chi connectivity index (χ2v) is 8.21. The molecule has 0 spiro atoms. The topological polar surface area (TPSA) is 94.4 Å². The van der Waals surface area contributed by atoms with E-state index in [1.807, 2.05) is 6.07 Å². The molecule has 0 atom stereocenters. The Hall–Kier alpha value is -3.22. The Labute approximate surface area is 184 Å². The van der Waals surface area contributed by atoms with Crippen molar-refractivity contribution in [1.82, 2.24) is 5.43 Å². The second kappa shape index (κ2) is 10.2. The van der Waals surface area contributed by atoms with Crippen LogP contribution in [0.3, 0.4) is 0 Å². The number of nitrogens with one attached hydrogen (secondary N) is 1. The Morgan fingerprint density at radius 2 is 1.81 bits per heavy atom. The van der Waals surface area contributed by atoms with Crippen molar-refractivity contribution in [2.24, 2.45) is 5.10 Å². The fraction of sp³-hybridized carbons (Fsp3) is 0.417. The molecule has 0 saturated carbocycles. The molecule has 2 aromatic carbocycles. The Bertz CT molecular complexity index is 944. The number of aromatic carboxylic acids is 1. The zero-order valence-electron chi connectivity index (χ0n) is 19.2. The molecule has 3 N–H and O–H groups in total. The third kappa shape index (κ3) is 5.90. The maximum atomic E-state index is 11.1. The zero-order chi connectivity index (χ0) is 23.2. The smallest absolute Gasteiger partial charge is 0.339 e. The lowest BCUT2D eigenvalue weighted by atomic mass is 9.84. The summed E-state index contributed by atoms with van der Waals surface area (Å²) >= 11 is 0. The van der Waals surface area contributed by atoms with E-state index in [2.05, 4.69) is 62.2 Å². The molecular weight excluding hydrogens is 394 g/mol. The average molecular weight is 428 g/mol. The highest BCUT2D eigenvalue weighted by Crippen LogP contribution is 2.33. The van der Waals surface area contributed by atoms with E-state index < -0.39 is 5.97 Å². The Morgan fingerprint density at radius 3 is 2.32 bits per heavy atom. The van der Waals surface area contributed by atoms with Gasteiger partial charge in [0.25, 0.3) is 0 Å². The van der Waals surface area contributed by atoms with Crippen LogP contribution >= 0.6 is 0 Å². The number of carboxylic acid groups (broad SMARTS) is 1. The number of phenols is 1. The molecule has 31 heavy (non-hydrogen) atoms. The first-order valence-corrected chi connectivity index (χ1v) is 10.4. The molecule has 0 heterocycles. The number of carboxylic acids is 1. The average Bonchev–Trinajstić information content (AvgIpc) is 2.71. The van der Waals surface area contributed by atoms with Gasteiger partial charge < -0.3 is 25.3 Å². The van der Waals surface area contributed by atoms with Crippen molar-refractivity contribution in [1.29, 1.82) is 0 Å². The molecule has 0 radical (unpaired) electrons. The molecule has 7 heteroatoms. The quantitative estimate of drug-likeness (QED) is 0.409. The molecule has 0 unspecified atom stereocenters. The molecular formula is C24H33N3O4. The van der Waals surface area contributed by atoms with Crippen molar-refractivity contribution >= 4 is 17.4 Å². The van der Waals surface area contributed by atoms with Crippen LogP contribution in [0.25, 0.3) is 0 Å². The van der Waals surface area contributed by atoms with Gasteiger partial charge in [0.05, 0.1) is 0 Å². The van der Waals surface area contributed by atoms with Crippen molar-refractivity contribution in [2.75, 3.05) is 31.6 Å². The fourth-order valence-corrected chi connectivity index (χ4v) is 3.41. The number of nitrogens with zero attached hydrogens (tertiary/aromatic N) is 2. The molecule has 2 aromatic rings. The summed E-state index contributed by atoms with van der Waals surface area (Å²) in [6.07, 6.45) is 0. The van der Waals surface area contributed by atoms with Gasteiger partial charge in [-0.3, -0.25) is 0 Å². The lowest BCUT2D eigenvalue weighted by Gasteiger charge is -2.30. The van der Waals surface area contributed by atoms with Gasteiger partial charge in [0.1, 0.15) is 29.4 Å². The fourth-order valence-electron chi connectivity index (χ4n) is 3.41. The standard InChI is InChI=1S/C24H33N3O4/c1-7-27(8-2)21-12-9-16(13-19(21)24(3,4)5)20(26-25-6)15-31-17-10-11-18(23(29)30)22(28)14-17/h9-14,25,28H,7-8,15H2,1-6H3,(H,29,30)/b26-20-. The van der Waals surface area contributed by atoms with E-state index in [4.69, 9.17) is 9.84 Å². The lowest BCUT2D eigenvalue weighted by molar-refractivity contribution is 0.0693. The Balaban J connectivity index is 2.36. The first kappa shape index (κ1) is 24.1. The minimum absolute atomic E-state index is 0.0575. The number of hydrazone groups is 1. The summed E-state index contributed by atoms with van der Waals surface area (Å²) in [6, 6.07) is 10.4. The number of hydrogen-bond acceptors (Lipinski definition) is 6. The third-order valence-electron chi connectivity index (χ3n) is 5.06. The predicted octanol–water partition coefficient (Wildman–Crippen LogP) is 4.24. The number of ether oxygens (including phenoxy) is 1. The number of hydrogen-bond donors (Lipinski definition) is 3. The molecule has 0 aliphatic carbocycles. The van der Waals surface area contributed by atoms with Crippen LogP contribution in [-0.2, 0) is 5.41 Å². The SMILES string of the molecule is CCN(CC)c1ccc(/C(COc2ccc(C(=O)O)c(O)c2)=N\NC)cc1C(C)(C)C. The maximum Gasteiger partial charge on any atom is 0.339 e. The van der Waals surface area contributed by atoms with Crippen LogP contribution in [0.15, 0.2) is 41.5 Å². The maximum absolute atomic E-state index is 11.1. The van der Waals surface area contributed by atoms with E-state index >= 15 is 0 Å². The second-order valence-electron chi connectivity index (χ2n) is 8.21. The van der Waals surface area contributed by atoms with Crippen molar-refractivity contribution in [3.05, 3.63) is 53.1 Å². The molecule has 0 aromatic heterocycles. The number of benzene rings is 2. The van der Waals surface area contributed by atoms with Gasteiger partial charge in [0.15, 0.2) is 0 Å². The highest BCUT2D eigenvalue weighted by Gasteiger charge is 2.22. The monoisotopic (exact) mass is 427 g/mol. The van der Waals surface area contributed by atoms with E-state index in [9.17, 15) is 9.90 Å². The summed E-state index contributed by atoms with van der Waals surface area (Å²) in [6.45, 7) is 12.9. The third-order valence-corrected chi connectivity index (χ3v) is 5.06. The minimum Gasteiger partial charge on any atom is -0.507 e. The minimum atomic E-state index is -1.19. The first-order valence-electron chi connectivity index (χ1n) is 10.4. The summed E-state index contributed by atoms with van der Waals surface area (Å²) < 4.78 is 5.80. The number of carbonyl (C=O) groups is 1. The molecule has 0 aliphatic rings. The summed E-state index contributed by atoms with van der Waals surface area (Å²) in [7, 11) is 1.72. The summed E-state index contributed by atoms with van der Waals surface area (Å²) in [4.78, 5) is 13.4. The van der Waals surface area contributed by atoms with Gasteiger partial charge in [0, 0.05) is 37.5 Å². The van der Waals surface area contributed by atoms with Crippen molar-refractivity contribution < 1.29 is 19.7 Å². The van der Waals surface area contributed by atoms with Gasteiger partial charge in [-0.1, -0.05) is 26.8 Å². The highest BCUT2D eigenvalue weighted by molar-refractivity contribution is 6.02. The van der Waals surface area contributed by atoms with Crippen LogP contribution < -0.4 is 15.1 Å². The van der Waals surface area contributed by atoms with Crippen LogP contribution in [-0.4, -0.2) is 48.6 Å². The lowest BCUT2D eigenvalue weighted by Crippen LogP contribution is -2.27. The van der Waals surface area contributed by atoms with Crippen LogP contribution in [0.5, 0.6) is 11.5 Å². The van der Waals surface area contributed by atoms with Crippen LogP contribution in [0.2, 0.25) is 0 Å². The van der Waals surface area contributed by atoms with E-state index in [1.54, 1.807) is 7.05 Å². The molecule has 0 fully saturated rings. The van der Waals surface area contributed by atoms with Gasteiger partial charge in [-0.15, -0.1) is 0 Å². The molecule has 0 amide bonds. The summed E-state index contributed by atoms with van der Waals surface area (Å²) in [5.41, 5.74) is 6.66. The summed E-state index contributed by atoms with van der Waals surface area (Å²) in [5.74, 6) is -1.16. The number of anilines is 1. The molecule has 0 aliphatic heterocycles. The summed E-state index contributed by atoms with van der Waals surface area (Å²) in [5, 5.41) is 23.3. The van der Waals surface area contributed by atoms with Crippen molar-refractivity contribution in [3.8, 4) is 11.5 Å². The molecule has 7 nitrogen and oxygen atoms in total.